The number of nitrogen functional groups attached to an aromatic ring is 1. The van der Waals surface area contributed by atoms with E-state index in [9.17, 15) is 13.2 Å². The van der Waals surface area contributed by atoms with Crippen LogP contribution in [0.1, 0.15) is 39.0 Å². The maximum atomic E-state index is 13.5. The molecule has 2 atom stereocenters. The third-order valence-electron chi connectivity index (χ3n) is 4.09. The van der Waals surface area contributed by atoms with E-state index in [1.54, 1.807) is 0 Å². The minimum Gasteiger partial charge on any atom is -0.432 e. The first-order valence-electron chi connectivity index (χ1n) is 7.31. The Hall–Kier alpha value is -1.59. The summed E-state index contributed by atoms with van der Waals surface area (Å²) in [5, 5.41) is 3.27. The number of hydrogen-bond donors (Lipinski definition) is 2. The lowest BCUT2D eigenvalue weighted by Gasteiger charge is -2.32. The summed E-state index contributed by atoms with van der Waals surface area (Å²) in [6.45, 7) is -0.932. The van der Waals surface area contributed by atoms with Gasteiger partial charge < -0.3 is 15.8 Å². The number of halogens is 3. The van der Waals surface area contributed by atoms with Gasteiger partial charge in [0.2, 0.25) is 0 Å². The summed E-state index contributed by atoms with van der Waals surface area (Å²) in [4.78, 5) is 0. The highest BCUT2D eigenvalue weighted by Gasteiger charge is 2.24. The molecule has 6 heteroatoms. The number of nitrogens with two attached hydrogens (primary N) is 1. The third-order valence-corrected chi connectivity index (χ3v) is 4.09. The summed E-state index contributed by atoms with van der Waals surface area (Å²) < 4.78 is 42.3. The normalized spacial score (nSPS) is 22.3. The largest absolute Gasteiger partial charge is 0.432 e. The Morgan fingerprint density at radius 1 is 1.33 bits per heavy atom. The molecule has 0 amide bonds. The monoisotopic (exact) mass is 302 g/mol. The number of ether oxygens (including phenoxy) is 1. The third kappa shape index (κ3) is 3.95. The second-order valence-corrected chi connectivity index (χ2v) is 5.45. The Bertz CT molecular complexity index is 482. The zero-order valence-electron chi connectivity index (χ0n) is 12.0. The van der Waals surface area contributed by atoms with Gasteiger partial charge in [0.15, 0.2) is 11.6 Å². The van der Waals surface area contributed by atoms with Gasteiger partial charge >= 0.3 is 6.61 Å². The van der Waals surface area contributed by atoms with Gasteiger partial charge in [0.25, 0.3) is 0 Å². The maximum Gasteiger partial charge on any atom is 0.387 e. The molecular formula is C15H21F3N2O. The van der Waals surface area contributed by atoms with Crippen molar-refractivity contribution < 1.29 is 17.9 Å². The van der Waals surface area contributed by atoms with Crippen molar-refractivity contribution >= 4 is 11.4 Å². The summed E-state index contributed by atoms with van der Waals surface area (Å²) in [6, 6.07) is 2.47. The van der Waals surface area contributed by atoms with Crippen molar-refractivity contribution in [3.05, 3.63) is 17.9 Å². The van der Waals surface area contributed by atoms with Gasteiger partial charge in [0, 0.05) is 18.2 Å². The standard InChI is InChI=1S/C15H21F3N2O/c1-2-9-5-3-4-6-12(9)20-13-8-14(21-15(17)18)10(16)7-11(13)19/h7-9,12,15,20H,2-6,19H2,1H3. The van der Waals surface area contributed by atoms with Crippen LogP contribution in [0.5, 0.6) is 5.75 Å². The Morgan fingerprint density at radius 2 is 2.05 bits per heavy atom. The van der Waals surface area contributed by atoms with Gasteiger partial charge in [0.1, 0.15) is 0 Å². The molecule has 0 saturated heterocycles. The van der Waals surface area contributed by atoms with Crippen molar-refractivity contribution in [3.63, 3.8) is 0 Å². The van der Waals surface area contributed by atoms with Gasteiger partial charge in [-0.25, -0.2) is 4.39 Å². The van der Waals surface area contributed by atoms with Crippen LogP contribution in [-0.4, -0.2) is 12.7 Å². The molecule has 21 heavy (non-hydrogen) atoms. The van der Waals surface area contributed by atoms with Gasteiger partial charge in [-0.2, -0.15) is 8.78 Å². The Kier molecular flexibility index (Phi) is 5.20. The molecule has 0 heterocycles. The quantitative estimate of drug-likeness (QED) is 0.793. The lowest BCUT2D eigenvalue weighted by atomic mass is 9.83. The molecule has 0 radical (unpaired) electrons. The van der Waals surface area contributed by atoms with Gasteiger partial charge in [0.05, 0.1) is 11.4 Å². The molecule has 1 saturated carbocycles. The highest BCUT2D eigenvalue weighted by atomic mass is 19.3. The Balaban J connectivity index is 2.18. The topological polar surface area (TPSA) is 47.3 Å². The van der Waals surface area contributed by atoms with Crippen LogP contribution < -0.4 is 15.8 Å². The second kappa shape index (κ2) is 6.91. The average molecular weight is 302 g/mol. The summed E-state index contributed by atoms with van der Waals surface area (Å²) in [6.07, 6.45) is 5.50. The number of anilines is 2. The van der Waals surface area contributed by atoms with E-state index in [0.717, 1.165) is 31.7 Å². The molecule has 3 nitrogen and oxygen atoms in total. The van der Waals surface area contributed by atoms with Crippen molar-refractivity contribution in [2.75, 3.05) is 11.1 Å². The fraction of sp³-hybridized carbons (Fsp3) is 0.600. The molecule has 1 aliphatic rings. The molecular weight excluding hydrogens is 281 g/mol. The van der Waals surface area contributed by atoms with Gasteiger partial charge in [-0.15, -0.1) is 0 Å². The second-order valence-electron chi connectivity index (χ2n) is 5.45. The fourth-order valence-corrected chi connectivity index (χ4v) is 2.97. The molecule has 118 valence electrons. The molecule has 2 unspecified atom stereocenters. The molecule has 0 bridgehead atoms. The van der Waals surface area contributed by atoms with E-state index < -0.39 is 18.2 Å². The lowest BCUT2D eigenvalue weighted by molar-refractivity contribution is -0.0521. The van der Waals surface area contributed by atoms with E-state index in [0.29, 0.717) is 11.6 Å². The maximum absolute atomic E-state index is 13.5. The van der Waals surface area contributed by atoms with E-state index in [1.807, 2.05) is 0 Å². The number of benzene rings is 1. The van der Waals surface area contributed by atoms with Crippen LogP contribution in [0.2, 0.25) is 0 Å². The van der Waals surface area contributed by atoms with Crippen LogP contribution in [0.25, 0.3) is 0 Å². The van der Waals surface area contributed by atoms with E-state index >= 15 is 0 Å². The van der Waals surface area contributed by atoms with Gasteiger partial charge in [-0.1, -0.05) is 26.2 Å². The fourth-order valence-electron chi connectivity index (χ4n) is 2.97. The van der Waals surface area contributed by atoms with Gasteiger partial charge in [-0.05, 0) is 18.8 Å². The molecule has 1 aromatic carbocycles. The minimum absolute atomic E-state index is 0.203. The highest BCUT2D eigenvalue weighted by molar-refractivity contribution is 5.69. The molecule has 1 aromatic rings. The Morgan fingerprint density at radius 3 is 2.71 bits per heavy atom. The van der Waals surface area contributed by atoms with Crippen molar-refractivity contribution in [3.8, 4) is 5.75 Å². The van der Waals surface area contributed by atoms with Crippen LogP contribution in [0.4, 0.5) is 24.5 Å². The predicted molar refractivity (Wildman–Crippen MR) is 77.1 cm³/mol. The van der Waals surface area contributed by atoms with Crippen LogP contribution in [0.15, 0.2) is 12.1 Å². The molecule has 3 N–H and O–H groups in total. The summed E-state index contributed by atoms with van der Waals surface area (Å²) >= 11 is 0. The van der Waals surface area contributed by atoms with Gasteiger partial charge in [-0.3, -0.25) is 0 Å². The van der Waals surface area contributed by atoms with Crippen molar-refractivity contribution in [2.24, 2.45) is 5.92 Å². The van der Waals surface area contributed by atoms with E-state index in [2.05, 4.69) is 17.0 Å². The van der Waals surface area contributed by atoms with Crippen molar-refractivity contribution in [2.45, 2.75) is 51.7 Å². The predicted octanol–water partition coefficient (Wildman–Crippen LogP) is 4.39. The molecule has 1 fully saturated rings. The number of rotatable bonds is 5. The number of alkyl halides is 2. The first kappa shape index (κ1) is 15.8. The van der Waals surface area contributed by atoms with Crippen LogP contribution in [-0.2, 0) is 0 Å². The summed E-state index contributed by atoms with van der Waals surface area (Å²) in [5.74, 6) is -0.845. The molecule has 0 aromatic heterocycles. The summed E-state index contributed by atoms with van der Waals surface area (Å²) in [7, 11) is 0. The van der Waals surface area contributed by atoms with Crippen LogP contribution in [0.3, 0.4) is 0 Å². The van der Waals surface area contributed by atoms with Crippen molar-refractivity contribution in [1.82, 2.24) is 0 Å². The summed E-state index contributed by atoms with van der Waals surface area (Å²) in [5.41, 5.74) is 6.44. The zero-order valence-corrected chi connectivity index (χ0v) is 12.0. The van der Waals surface area contributed by atoms with Crippen molar-refractivity contribution in [1.29, 1.82) is 0 Å². The lowest BCUT2D eigenvalue weighted by Crippen LogP contribution is -2.32. The molecule has 1 aliphatic carbocycles. The average Bonchev–Trinajstić information content (AvgIpc) is 2.44. The van der Waals surface area contributed by atoms with E-state index in [4.69, 9.17) is 5.73 Å². The number of nitrogens with one attached hydrogen (secondary N) is 1. The minimum atomic E-state index is -3.06. The zero-order chi connectivity index (χ0) is 15.4. The molecule has 2 rings (SSSR count). The smallest absolute Gasteiger partial charge is 0.387 e. The van der Waals surface area contributed by atoms with E-state index in [1.165, 1.54) is 12.5 Å². The highest BCUT2D eigenvalue weighted by Crippen LogP contribution is 2.34. The molecule has 0 aliphatic heterocycles. The Labute approximate surface area is 122 Å². The van der Waals surface area contributed by atoms with Crippen LogP contribution >= 0.6 is 0 Å². The van der Waals surface area contributed by atoms with E-state index in [-0.39, 0.29) is 11.7 Å². The first-order chi connectivity index (χ1) is 10.0. The van der Waals surface area contributed by atoms with Crippen LogP contribution in [0, 0.1) is 11.7 Å². The molecule has 0 spiro atoms. The first-order valence-corrected chi connectivity index (χ1v) is 7.31. The number of hydrogen-bond acceptors (Lipinski definition) is 3. The SMILES string of the molecule is CCC1CCCCC1Nc1cc(OC(F)F)c(F)cc1N.